The van der Waals surface area contributed by atoms with E-state index in [9.17, 15) is 9.18 Å². The van der Waals surface area contributed by atoms with Crippen LogP contribution in [0.15, 0.2) is 75.8 Å². The number of amidine groups is 1. The molecule has 1 aromatic carbocycles. The number of hydrazone groups is 1. The molecular formula is C28H36ClFN4O2. The van der Waals surface area contributed by atoms with Gasteiger partial charge in [0.2, 0.25) is 0 Å². The summed E-state index contributed by atoms with van der Waals surface area (Å²) < 4.78 is 19.3. The van der Waals surface area contributed by atoms with Crippen LogP contribution in [0.3, 0.4) is 0 Å². The molecule has 1 N–H and O–H groups in total. The third kappa shape index (κ3) is 10.2. The SMILES string of the molecule is CCC/C=C(\C=C(/C)CCCCC=NN(C=CC=O)c1ccc(Cl)c(F)c1)C1=NCC(OCC)=CN1. The van der Waals surface area contributed by atoms with Crippen molar-refractivity contribution in [2.24, 2.45) is 10.1 Å². The summed E-state index contributed by atoms with van der Waals surface area (Å²) >= 11 is 5.76. The van der Waals surface area contributed by atoms with Crippen molar-refractivity contribution in [2.75, 3.05) is 18.2 Å². The number of aliphatic imine (C=N–C) groups is 1. The Kier molecular flexibility index (Phi) is 13.3. The van der Waals surface area contributed by atoms with Gasteiger partial charge >= 0.3 is 0 Å². The number of halogens is 2. The third-order valence-electron chi connectivity index (χ3n) is 5.25. The van der Waals surface area contributed by atoms with Crippen LogP contribution in [-0.4, -0.2) is 31.5 Å². The van der Waals surface area contributed by atoms with Crippen LogP contribution in [0, 0.1) is 5.82 Å². The fraction of sp³-hybridized carbons (Fsp3) is 0.393. The summed E-state index contributed by atoms with van der Waals surface area (Å²) in [5, 5.41) is 9.13. The molecule has 1 heterocycles. The molecule has 0 bridgehead atoms. The molecule has 2 rings (SSSR count). The minimum Gasteiger partial charge on any atom is -0.495 e. The maximum atomic E-state index is 13.8. The molecule has 1 aliphatic heterocycles. The predicted molar refractivity (Wildman–Crippen MR) is 148 cm³/mol. The Balaban J connectivity index is 1.90. The topological polar surface area (TPSA) is 66.3 Å². The van der Waals surface area contributed by atoms with Gasteiger partial charge in [-0.2, -0.15) is 5.10 Å². The van der Waals surface area contributed by atoms with Crippen molar-refractivity contribution in [1.82, 2.24) is 5.32 Å². The third-order valence-corrected chi connectivity index (χ3v) is 5.56. The predicted octanol–water partition coefficient (Wildman–Crippen LogP) is 7.10. The number of nitrogens with zero attached hydrogens (tertiary/aromatic N) is 3. The maximum absolute atomic E-state index is 13.8. The number of ether oxygens (including phenoxy) is 1. The van der Waals surface area contributed by atoms with Gasteiger partial charge in [0, 0.05) is 30.3 Å². The lowest BCUT2D eigenvalue weighted by atomic mass is 10.0. The Labute approximate surface area is 219 Å². The molecule has 1 aliphatic rings. The number of hydrogen-bond donors (Lipinski definition) is 1. The van der Waals surface area contributed by atoms with Crippen molar-refractivity contribution < 1.29 is 13.9 Å². The zero-order valence-electron chi connectivity index (χ0n) is 21.3. The van der Waals surface area contributed by atoms with Gasteiger partial charge in [0.05, 0.1) is 17.3 Å². The zero-order chi connectivity index (χ0) is 26.2. The van der Waals surface area contributed by atoms with Crippen LogP contribution in [0.2, 0.25) is 5.02 Å². The average Bonchev–Trinajstić information content (AvgIpc) is 2.88. The Bertz CT molecular complexity index is 1040. The second kappa shape index (κ2) is 16.5. The summed E-state index contributed by atoms with van der Waals surface area (Å²) in [7, 11) is 0. The Morgan fingerprint density at radius 3 is 2.81 bits per heavy atom. The monoisotopic (exact) mass is 514 g/mol. The van der Waals surface area contributed by atoms with E-state index >= 15 is 0 Å². The van der Waals surface area contributed by atoms with Crippen LogP contribution in [-0.2, 0) is 9.53 Å². The van der Waals surface area contributed by atoms with Crippen LogP contribution >= 0.6 is 11.6 Å². The number of hydrogen-bond acceptors (Lipinski definition) is 6. The number of unbranched alkanes of at least 4 members (excludes halogenated alkanes) is 3. The average molecular weight is 515 g/mol. The van der Waals surface area contributed by atoms with Crippen LogP contribution in [0.4, 0.5) is 10.1 Å². The summed E-state index contributed by atoms with van der Waals surface area (Å²) in [4.78, 5) is 15.4. The van der Waals surface area contributed by atoms with Crippen molar-refractivity contribution in [3.63, 3.8) is 0 Å². The molecule has 0 atom stereocenters. The highest BCUT2D eigenvalue weighted by molar-refractivity contribution is 6.30. The molecule has 0 amide bonds. The molecule has 0 saturated carbocycles. The number of carbonyl (C=O) groups is 1. The summed E-state index contributed by atoms with van der Waals surface area (Å²) in [5.41, 5.74) is 2.87. The quantitative estimate of drug-likeness (QED) is 0.0677. The summed E-state index contributed by atoms with van der Waals surface area (Å²) in [6.45, 7) is 7.45. The van der Waals surface area contributed by atoms with E-state index in [4.69, 9.17) is 16.3 Å². The number of aldehydes is 1. The standard InChI is InChI=1S/C28H36ClFN4O2/c1-4-6-12-23(28-31-20-25(21-32-28)36-5-2)18-22(3)11-8-7-9-15-33-34(16-10-17-35)24-13-14-26(29)27(30)19-24/h10,12-20H,4-9,11,21H2,1-3H3,(H,31,32)/b16-10?,22-18+,23-12+,33-15?. The number of carbonyl (C=O) groups excluding carboxylic acids is 1. The van der Waals surface area contributed by atoms with Crippen molar-refractivity contribution in [1.29, 1.82) is 0 Å². The molecule has 0 unspecified atom stereocenters. The van der Waals surface area contributed by atoms with Gasteiger partial charge in [-0.05, 0) is 64.2 Å². The Morgan fingerprint density at radius 2 is 2.14 bits per heavy atom. The molecule has 0 fully saturated rings. The lowest BCUT2D eigenvalue weighted by Gasteiger charge is -2.16. The molecule has 0 aliphatic carbocycles. The van der Waals surface area contributed by atoms with Crippen molar-refractivity contribution >= 4 is 35.6 Å². The normalized spacial score (nSPS) is 14.6. The molecule has 8 heteroatoms. The number of benzene rings is 1. The van der Waals surface area contributed by atoms with E-state index in [1.54, 1.807) is 12.3 Å². The van der Waals surface area contributed by atoms with Crippen LogP contribution in [0.1, 0.15) is 59.3 Å². The van der Waals surface area contributed by atoms with Gasteiger partial charge in [-0.15, -0.1) is 0 Å². The molecule has 6 nitrogen and oxygen atoms in total. The van der Waals surface area contributed by atoms with Gasteiger partial charge in [0.25, 0.3) is 0 Å². The molecule has 0 radical (unpaired) electrons. The van der Waals surface area contributed by atoms with E-state index in [0.717, 1.165) is 55.7 Å². The molecule has 194 valence electrons. The van der Waals surface area contributed by atoms with Crippen LogP contribution in [0.5, 0.6) is 0 Å². The minimum absolute atomic E-state index is 0.0382. The highest BCUT2D eigenvalue weighted by Crippen LogP contribution is 2.22. The van der Waals surface area contributed by atoms with Gasteiger partial charge in [0.1, 0.15) is 30.2 Å². The van der Waals surface area contributed by atoms with Crippen molar-refractivity contribution in [3.05, 3.63) is 76.6 Å². The minimum atomic E-state index is -0.538. The lowest BCUT2D eigenvalue weighted by molar-refractivity contribution is -0.104. The van der Waals surface area contributed by atoms with Gasteiger partial charge in [0.15, 0.2) is 0 Å². The number of nitrogens with one attached hydrogen (secondary N) is 1. The highest BCUT2D eigenvalue weighted by atomic mass is 35.5. The highest BCUT2D eigenvalue weighted by Gasteiger charge is 2.10. The first-order valence-electron chi connectivity index (χ1n) is 12.4. The molecule has 0 spiro atoms. The molecular weight excluding hydrogens is 479 g/mol. The van der Waals surface area contributed by atoms with Gasteiger partial charge in [-0.3, -0.25) is 9.79 Å². The van der Waals surface area contributed by atoms with Gasteiger partial charge in [-0.25, -0.2) is 9.40 Å². The van der Waals surface area contributed by atoms with Crippen molar-refractivity contribution in [3.8, 4) is 0 Å². The summed E-state index contributed by atoms with van der Waals surface area (Å²) in [6.07, 6.45) is 17.3. The van der Waals surface area contributed by atoms with Crippen LogP contribution in [0.25, 0.3) is 0 Å². The largest absolute Gasteiger partial charge is 0.495 e. The molecule has 1 aromatic rings. The van der Waals surface area contributed by atoms with E-state index in [1.165, 1.54) is 35.0 Å². The number of rotatable bonds is 15. The van der Waals surface area contributed by atoms with E-state index in [0.29, 0.717) is 25.1 Å². The fourth-order valence-corrected chi connectivity index (χ4v) is 3.54. The van der Waals surface area contributed by atoms with E-state index in [1.807, 2.05) is 13.1 Å². The number of allylic oxidation sites excluding steroid dienone is 3. The smallest absolute Gasteiger partial charge is 0.144 e. The molecule has 36 heavy (non-hydrogen) atoms. The van der Waals surface area contributed by atoms with E-state index in [-0.39, 0.29) is 5.02 Å². The summed E-state index contributed by atoms with van der Waals surface area (Å²) in [6, 6.07) is 4.39. The fourth-order valence-electron chi connectivity index (χ4n) is 3.43. The maximum Gasteiger partial charge on any atom is 0.144 e. The van der Waals surface area contributed by atoms with Crippen molar-refractivity contribution in [2.45, 2.75) is 59.3 Å². The molecule has 0 aromatic heterocycles. The van der Waals surface area contributed by atoms with Gasteiger partial charge in [-0.1, -0.05) is 42.7 Å². The first-order valence-corrected chi connectivity index (χ1v) is 12.8. The first-order chi connectivity index (χ1) is 17.5. The lowest BCUT2D eigenvalue weighted by Crippen LogP contribution is -2.25. The molecule has 0 saturated heterocycles. The Morgan fingerprint density at radius 1 is 1.31 bits per heavy atom. The second-order valence-electron chi connectivity index (χ2n) is 8.26. The second-order valence-corrected chi connectivity index (χ2v) is 8.66. The van der Waals surface area contributed by atoms with E-state index in [2.05, 4.69) is 41.4 Å². The number of anilines is 1. The zero-order valence-corrected chi connectivity index (χ0v) is 22.1. The van der Waals surface area contributed by atoms with Crippen LogP contribution < -0.4 is 10.3 Å². The summed E-state index contributed by atoms with van der Waals surface area (Å²) in [5.74, 6) is 1.18. The first kappa shape index (κ1) is 29.0. The Hall–Kier alpha value is -3.19. The van der Waals surface area contributed by atoms with E-state index < -0.39 is 5.82 Å². The van der Waals surface area contributed by atoms with Gasteiger partial charge < -0.3 is 10.1 Å².